The summed E-state index contributed by atoms with van der Waals surface area (Å²) in [7, 11) is 0. The van der Waals surface area contributed by atoms with E-state index in [1.807, 2.05) is 45.0 Å². The first-order valence-corrected chi connectivity index (χ1v) is 8.95. The molecule has 2 aromatic carbocycles. The van der Waals surface area contributed by atoms with Gasteiger partial charge in [-0.25, -0.2) is 0 Å². The molecule has 2 aromatic rings. The van der Waals surface area contributed by atoms with Gasteiger partial charge in [0.15, 0.2) is 11.5 Å². The molecule has 27 heavy (non-hydrogen) atoms. The molecule has 0 saturated carbocycles. The third-order valence-corrected chi connectivity index (χ3v) is 4.60. The topological polar surface area (TPSA) is 77.8 Å². The number of aromatic hydroxyl groups is 1. The molecule has 0 fully saturated rings. The van der Waals surface area contributed by atoms with Crippen molar-refractivity contribution >= 4 is 17.4 Å². The molecule has 1 unspecified atom stereocenters. The number of anilines is 1. The number of amides is 1. The summed E-state index contributed by atoms with van der Waals surface area (Å²) in [6.07, 6.45) is 0.226. The van der Waals surface area contributed by atoms with Crippen LogP contribution in [0.3, 0.4) is 0 Å². The van der Waals surface area contributed by atoms with Gasteiger partial charge in [0.1, 0.15) is 5.75 Å². The molecule has 0 saturated heterocycles. The number of Topliss-reactive ketones (excluding diaryl/α,β-unsaturated/α-hetero) is 1. The number of phenolic OH excluding ortho intramolecular Hbond substituents is 1. The molecule has 1 amide bonds. The van der Waals surface area contributed by atoms with Crippen LogP contribution in [0.5, 0.6) is 5.75 Å². The van der Waals surface area contributed by atoms with Crippen LogP contribution in [0.25, 0.3) is 0 Å². The lowest BCUT2D eigenvalue weighted by Gasteiger charge is -2.27. The summed E-state index contributed by atoms with van der Waals surface area (Å²) in [4.78, 5) is 27.1. The highest BCUT2D eigenvalue weighted by atomic mass is 16.3. The van der Waals surface area contributed by atoms with Crippen LogP contribution in [0.15, 0.2) is 59.9 Å². The average molecular weight is 365 g/mol. The Morgan fingerprint density at radius 2 is 1.81 bits per heavy atom. The van der Waals surface area contributed by atoms with Crippen LogP contribution in [-0.2, 0) is 9.59 Å². The summed E-state index contributed by atoms with van der Waals surface area (Å²) in [6.45, 7) is 5.74. The maximum absolute atomic E-state index is 12.9. The van der Waals surface area contributed by atoms with Gasteiger partial charge in [-0.05, 0) is 30.5 Å². The third-order valence-electron chi connectivity index (χ3n) is 4.60. The Labute approximate surface area is 158 Å². The molecule has 2 N–H and O–H groups in total. The van der Waals surface area contributed by atoms with E-state index in [1.54, 1.807) is 18.2 Å². The number of ketones is 1. The molecule has 3 rings (SSSR count). The minimum absolute atomic E-state index is 0.0857. The Balaban J connectivity index is 2.19. The fourth-order valence-electron chi connectivity index (χ4n) is 3.44. The van der Waals surface area contributed by atoms with Crippen molar-refractivity contribution in [1.82, 2.24) is 0 Å². The van der Waals surface area contributed by atoms with Gasteiger partial charge in [-0.1, -0.05) is 55.8 Å². The second kappa shape index (κ2) is 7.27. The van der Waals surface area contributed by atoms with E-state index >= 15 is 0 Å². The summed E-state index contributed by atoms with van der Waals surface area (Å²) in [5.74, 6) is -1.50. The second-order valence-electron chi connectivity index (χ2n) is 7.26. The molecular formula is C22H23NO4. The number of carbonyl (C=O) groups is 2. The van der Waals surface area contributed by atoms with E-state index < -0.39 is 17.7 Å². The first-order chi connectivity index (χ1) is 12.8. The van der Waals surface area contributed by atoms with E-state index in [0.29, 0.717) is 5.56 Å². The maximum Gasteiger partial charge on any atom is 0.294 e. The molecule has 0 bridgehead atoms. The van der Waals surface area contributed by atoms with Crippen molar-refractivity contribution in [2.45, 2.75) is 33.2 Å². The number of benzene rings is 2. The van der Waals surface area contributed by atoms with E-state index in [0.717, 1.165) is 5.56 Å². The van der Waals surface area contributed by atoms with Crippen molar-refractivity contribution in [1.29, 1.82) is 0 Å². The molecular weight excluding hydrogens is 342 g/mol. The molecule has 0 aromatic heterocycles. The quantitative estimate of drug-likeness (QED) is 0.832. The standard InChI is InChI=1S/C22H23NO4/c1-13(2)11-18(25)19-20(15-8-6-7-14(3)12-15)23(22(27)21(19)26)16-9-4-5-10-17(16)24/h4-10,12-13,20,24,26H,11H2,1-3H3. The van der Waals surface area contributed by atoms with Crippen molar-refractivity contribution in [3.05, 3.63) is 71.0 Å². The summed E-state index contributed by atoms with van der Waals surface area (Å²) in [5.41, 5.74) is 2.03. The Hall–Kier alpha value is -3.08. The lowest BCUT2D eigenvalue weighted by atomic mass is 9.91. The Kier molecular flexibility index (Phi) is 5.04. The number of rotatable bonds is 5. The van der Waals surface area contributed by atoms with Crippen LogP contribution in [0.2, 0.25) is 0 Å². The van der Waals surface area contributed by atoms with E-state index in [9.17, 15) is 19.8 Å². The summed E-state index contributed by atoms with van der Waals surface area (Å²) < 4.78 is 0. The summed E-state index contributed by atoms with van der Waals surface area (Å²) >= 11 is 0. The van der Waals surface area contributed by atoms with E-state index in [1.165, 1.54) is 11.0 Å². The van der Waals surface area contributed by atoms with Gasteiger partial charge in [-0.15, -0.1) is 0 Å². The molecule has 1 heterocycles. The number of aliphatic hydroxyl groups excluding tert-OH is 1. The number of phenols is 1. The van der Waals surface area contributed by atoms with Crippen molar-refractivity contribution in [2.75, 3.05) is 4.90 Å². The number of hydrogen-bond acceptors (Lipinski definition) is 4. The van der Waals surface area contributed by atoms with Crippen LogP contribution in [0.1, 0.15) is 37.4 Å². The van der Waals surface area contributed by atoms with Gasteiger partial charge in [0.25, 0.3) is 5.91 Å². The predicted molar refractivity (Wildman–Crippen MR) is 104 cm³/mol. The highest BCUT2D eigenvalue weighted by molar-refractivity contribution is 6.17. The van der Waals surface area contributed by atoms with E-state index in [4.69, 9.17) is 0 Å². The number of nitrogens with zero attached hydrogens (tertiary/aromatic N) is 1. The third kappa shape index (κ3) is 3.45. The SMILES string of the molecule is Cc1cccc(C2C(C(=O)CC(C)C)=C(O)C(=O)N2c2ccccc2O)c1. The smallest absolute Gasteiger partial charge is 0.294 e. The fraction of sp³-hybridized carbons (Fsp3) is 0.273. The molecule has 0 spiro atoms. The van der Waals surface area contributed by atoms with E-state index in [2.05, 4.69) is 0 Å². The van der Waals surface area contributed by atoms with Crippen molar-refractivity contribution < 1.29 is 19.8 Å². The van der Waals surface area contributed by atoms with Gasteiger partial charge in [0, 0.05) is 6.42 Å². The van der Waals surface area contributed by atoms with Crippen molar-refractivity contribution in [3.8, 4) is 5.75 Å². The number of aryl methyl sites for hydroxylation is 1. The highest BCUT2D eigenvalue weighted by Gasteiger charge is 2.44. The predicted octanol–water partition coefficient (Wildman–Crippen LogP) is 4.22. The molecule has 0 radical (unpaired) electrons. The van der Waals surface area contributed by atoms with Crippen LogP contribution in [0, 0.1) is 12.8 Å². The summed E-state index contributed by atoms with van der Waals surface area (Å²) in [5, 5.41) is 20.8. The Morgan fingerprint density at radius 3 is 2.44 bits per heavy atom. The lowest BCUT2D eigenvalue weighted by molar-refractivity contribution is -0.118. The highest BCUT2D eigenvalue weighted by Crippen LogP contribution is 2.44. The summed E-state index contributed by atoms with van der Waals surface area (Å²) in [6, 6.07) is 13.1. The van der Waals surface area contributed by atoms with E-state index in [-0.39, 0.29) is 35.1 Å². The van der Waals surface area contributed by atoms with Gasteiger partial charge >= 0.3 is 0 Å². The second-order valence-corrected chi connectivity index (χ2v) is 7.26. The van der Waals surface area contributed by atoms with Gasteiger partial charge in [0.05, 0.1) is 17.3 Å². The maximum atomic E-state index is 12.9. The minimum atomic E-state index is -0.781. The van der Waals surface area contributed by atoms with Crippen molar-refractivity contribution in [3.63, 3.8) is 0 Å². The monoisotopic (exact) mass is 365 g/mol. The normalized spacial score (nSPS) is 17.1. The molecule has 1 atom stereocenters. The molecule has 140 valence electrons. The molecule has 1 aliphatic rings. The lowest BCUT2D eigenvalue weighted by Crippen LogP contribution is -2.31. The van der Waals surface area contributed by atoms with Gasteiger partial charge in [-0.3, -0.25) is 14.5 Å². The van der Waals surface area contributed by atoms with Gasteiger partial charge in [-0.2, -0.15) is 0 Å². The van der Waals surface area contributed by atoms with Crippen LogP contribution in [0.4, 0.5) is 5.69 Å². The Bertz CT molecular complexity index is 929. The van der Waals surface area contributed by atoms with Crippen molar-refractivity contribution in [2.24, 2.45) is 5.92 Å². The van der Waals surface area contributed by atoms with Gasteiger partial charge in [0.2, 0.25) is 0 Å². The molecule has 5 nitrogen and oxygen atoms in total. The molecule has 5 heteroatoms. The average Bonchev–Trinajstić information content (AvgIpc) is 2.86. The zero-order valence-electron chi connectivity index (χ0n) is 15.6. The first kappa shape index (κ1) is 18.7. The number of para-hydroxylation sites is 2. The zero-order chi connectivity index (χ0) is 19.7. The van der Waals surface area contributed by atoms with Crippen LogP contribution >= 0.6 is 0 Å². The molecule has 0 aliphatic carbocycles. The van der Waals surface area contributed by atoms with Gasteiger partial charge < -0.3 is 10.2 Å². The van der Waals surface area contributed by atoms with Crippen LogP contribution < -0.4 is 4.90 Å². The number of hydrogen-bond donors (Lipinski definition) is 2. The fourth-order valence-corrected chi connectivity index (χ4v) is 3.44. The zero-order valence-corrected chi connectivity index (χ0v) is 15.6. The first-order valence-electron chi connectivity index (χ1n) is 8.95. The number of aliphatic hydroxyl groups is 1. The largest absolute Gasteiger partial charge is 0.506 e. The number of carbonyl (C=O) groups excluding carboxylic acids is 2. The minimum Gasteiger partial charge on any atom is -0.506 e. The Morgan fingerprint density at radius 1 is 1.11 bits per heavy atom. The molecule has 1 aliphatic heterocycles. The van der Waals surface area contributed by atoms with Crippen LogP contribution in [-0.4, -0.2) is 21.9 Å².